The van der Waals surface area contributed by atoms with Crippen LogP contribution in [0.15, 0.2) is 0 Å². The van der Waals surface area contributed by atoms with E-state index in [4.69, 9.17) is 5.11 Å². The van der Waals surface area contributed by atoms with Gasteiger partial charge >= 0.3 is 0 Å². The summed E-state index contributed by atoms with van der Waals surface area (Å²) in [5.41, 5.74) is 0. The summed E-state index contributed by atoms with van der Waals surface area (Å²) >= 11 is 0. The predicted molar refractivity (Wildman–Crippen MR) is 42.8 cm³/mol. The number of nitrogens with zero attached hydrogens (tertiary/aromatic N) is 3. The van der Waals surface area contributed by atoms with Crippen LogP contribution in [0.2, 0.25) is 0 Å². The number of carbonyl (C=O) groups is 1. The molecular weight excluding hydrogens is 174 g/mol. The number of aromatic amines is 1. The zero-order valence-corrected chi connectivity index (χ0v) is 7.19. The van der Waals surface area contributed by atoms with E-state index < -0.39 is 5.91 Å². The van der Waals surface area contributed by atoms with Gasteiger partial charge in [-0.05, 0) is 18.6 Å². The van der Waals surface area contributed by atoms with Crippen LogP contribution in [0.1, 0.15) is 24.0 Å². The number of H-pyrrole nitrogens is 1. The predicted octanol–water partition coefficient (Wildman–Crippen LogP) is -1.30. The van der Waals surface area contributed by atoms with E-state index in [2.05, 4.69) is 25.9 Å². The summed E-state index contributed by atoms with van der Waals surface area (Å²) in [6, 6.07) is -0.101. The Balaban J connectivity index is 2.42. The van der Waals surface area contributed by atoms with Crippen LogP contribution in [0, 0.1) is 0 Å². The Kier molecular flexibility index (Phi) is 3.32. The smallest absolute Gasteiger partial charge is 0.293 e. The molecule has 0 saturated heterocycles. The number of aromatic nitrogens is 4. The van der Waals surface area contributed by atoms with Crippen LogP contribution >= 0.6 is 0 Å². The van der Waals surface area contributed by atoms with E-state index >= 15 is 0 Å². The summed E-state index contributed by atoms with van der Waals surface area (Å²) < 4.78 is 0. The molecule has 0 spiro atoms. The molecule has 1 atom stereocenters. The van der Waals surface area contributed by atoms with Gasteiger partial charge in [-0.25, -0.2) is 0 Å². The molecule has 0 aromatic carbocycles. The molecule has 0 radical (unpaired) electrons. The lowest BCUT2D eigenvalue weighted by molar-refractivity contribution is 0.0924. The van der Waals surface area contributed by atoms with Gasteiger partial charge in [0, 0.05) is 12.6 Å². The fraction of sp³-hybridized carbons (Fsp3) is 0.667. The fourth-order valence-electron chi connectivity index (χ4n) is 0.812. The number of aliphatic hydroxyl groups excluding tert-OH is 1. The zero-order chi connectivity index (χ0) is 9.68. The van der Waals surface area contributed by atoms with Crippen LogP contribution in [0.5, 0.6) is 0 Å². The van der Waals surface area contributed by atoms with Gasteiger partial charge in [-0.2, -0.15) is 5.21 Å². The van der Waals surface area contributed by atoms with Crippen LogP contribution in [-0.2, 0) is 0 Å². The second-order valence-electron chi connectivity index (χ2n) is 2.62. The first kappa shape index (κ1) is 9.59. The molecule has 1 amide bonds. The third-order valence-electron chi connectivity index (χ3n) is 1.49. The quantitative estimate of drug-likeness (QED) is 0.541. The van der Waals surface area contributed by atoms with E-state index in [1.807, 2.05) is 0 Å². The number of hydrogen-bond donors (Lipinski definition) is 3. The minimum Gasteiger partial charge on any atom is -0.396 e. The van der Waals surface area contributed by atoms with E-state index in [1.54, 1.807) is 6.92 Å². The van der Waals surface area contributed by atoms with Gasteiger partial charge in [0.1, 0.15) is 0 Å². The van der Waals surface area contributed by atoms with Gasteiger partial charge in [-0.15, -0.1) is 10.2 Å². The van der Waals surface area contributed by atoms with E-state index in [9.17, 15) is 4.79 Å². The van der Waals surface area contributed by atoms with Crippen molar-refractivity contribution in [3.63, 3.8) is 0 Å². The Bertz CT molecular complexity index is 260. The molecule has 1 aromatic rings. The molecule has 72 valence electrons. The number of rotatable bonds is 4. The Morgan fingerprint density at radius 3 is 3.08 bits per heavy atom. The maximum absolute atomic E-state index is 11.2. The lowest BCUT2D eigenvalue weighted by Gasteiger charge is -2.09. The largest absolute Gasteiger partial charge is 0.396 e. The monoisotopic (exact) mass is 185 g/mol. The van der Waals surface area contributed by atoms with Crippen LogP contribution in [-0.4, -0.2) is 44.3 Å². The van der Waals surface area contributed by atoms with Crippen molar-refractivity contribution in [2.45, 2.75) is 19.4 Å². The van der Waals surface area contributed by atoms with Crippen molar-refractivity contribution < 1.29 is 9.90 Å². The first-order chi connectivity index (χ1) is 6.24. The lowest BCUT2D eigenvalue weighted by Crippen LogP contribution is -2.33. The number of amides is 1. The molecule has 0 aliphatic heterocycles. The van der Waals surface area contributed by atoms with Gasteiger partial charge < -0.3 is 10.4 Å². The van der Waals surface area contributed by atoms with E-state index in [-0.39, 0.29) is 18.5 Å². The van der Waals surface area contributed by atoms with Crippen LogP contribution in [0.4, 0.5) is 0 Å². The molecule has 1 unspecified atom stereocenters. The van der Waals surface area contributed by atoms with Crippen LogP contribution < -0.4 is 5.32 Å². The average Bonchev–Trinajstić information content (AvgIpc) is 2.55. The van der Waals surface area contributed by atoms with E-state index in [0.717, 1.165) is 0 Å². The Morgan fingerprint density at radius 1 is 1.77 bits per heavy atom. The lowest BCUT2D eigenvalue weighted by atomic mass is 10.2. The fourth-order valence-corrected chi connectivity index (χ4v) is 0.812. The zero-order valence-electron chi connectivity index (χ0n) is 7.19. The van der Waals surface area contributed by atoms with Gasteiger partial charge in [0.25, 0.3) is 11.7 Å². The second kappa shape index (κ2) is 4.51. The number of aliphatic hydroxyl groups is 1. The standard InChI is InChI=1S/C6H11N5O2/c1-4(2-3-12)7-6(13)5-8-10-11-9-5/h4,12H,2-3H2,1H3,(H,7,13)(H,8,9,10,11). The molecule has 1 aromatic heterocycles. The molecular formula is C6H11N5O2. The number of hydrogen-bond acceptors (Lipinski definition) is 5. The second-order valence-corrected chi connectivity index (χ2v) is 2.62. The third kappa shape index (κ3) is 2.79. The minimum absolute atomic E-state index is 0.00443. The summed E-state index contributed by atoms with van der Waals surface area (Å²) in [5.74, 6) is -0.389. The van der Waals surface area contributed by atoms with E-state index in [0.29, 0.717) is 6.42 Å². The first-order valence-corrected chi connectivity index (χ1v) is 3.89. The molecule has 13 heavy (non-hydrogen) atoms. The van der Waals surface area contributed by atoms with Crippen molar-refractivity contribution in [2.24, 2.45) is 0 Å². The van der Waals surface area contributed by atoms with Crippen molar-refractivity contribution >= 4 is 5.91 Å². The summed E-state index contributed by atoms with van der Waals surface area (Å²) in [7, 11) is 0. The molecule has 7 heteroatoms. The topological polar surface area (TPSA) is 104 Å². The van der Waals surface area contributed by atoms with Gasteiger partial charge in [0.2, 0.25) is 0 Å². The Morgan fingerprint density at radius 2 is 2.54 bits per heavy atom. The molecule has 1 rings (SSSR count). The highest BCUT2D eigenvalue weighted by molar-refractivity contribution is 5.90. The highest BCUT2D eigenvalue weighted by atomic mass is 16.3. The highest BCUT2D eigenvalue weighted by Crippen LogP contribution is 1.91. The minimum atomic E-state index is -0.394. The molecule has 7 nitrogen and oxygen atoms in total. The maximum atomic E-state index is 11.2. The molecule has 0 bridgehead atoms. The highest BCUT2D eigenvalue weighted by Gasteiger charge is 2.12. The van der Waals surface area contributed by atoms with Crippen molar-refractivity contribution in [3.05, 3.63) is 5.82 Å². The Labute approximate surface area is 74.5 Å². The number of tetrazole rings is 1. The Hall–Kier alpha value is -1.50. The number of nitrogens with one attached hydrogen (secondary N) is 2. The molecule has 0 saturated carbocycles. The van der Waals surface area contributed by atoms with Gasteiger partial charge in [0.05, 0.1) is 0 Å². The van der Waals surface area contributed by atoms with Crippen LogP contribution in [0.25, 0.3) is 0 Å². The third-order valence-corrected chi connectivity index (χ3v) is 1.49. The van der Waals surface area contributed by atoms with Crippen LogP contribution in [0.3, 0.4) is 0 Å². The van der Waals surface area contributed by atoms with Gasteiger partial charge in [-0.3, -0.25) is 4.79 Å². The average molecular weight is 185 g/mol. The molecule has 0 aliphatic carbocycles. The van der Waals surface area contributed by atoms with Crippen molar-refractivity contribution in [1.82, 2.24) is 25.9 Å². The maximum Gasteiger partial charge on any atom is 0.293 e. The summed E-state index contributed by atoms with van der Waals surface area (Å²) in [6.07, 6.45) is 0.504. The van der Waals surface area contributed by atoms with Gasteiger partial charge in [0.15, 0.2) is 0 Å². The van der Waals surface area contributed by atoms with Crippen molar-refractivity contribution in [3.8, 4) is 0 Å². The molecule has 1 heterocycles. The van der Waals surface area contributed by atoms with Gasteiger partial charge in [-0.1, -0.05) is 0 Å². The summed E-state index contributed by atoms with van der Waals surface area (Å²) in [6.45, 7) is 1.82. The molecule has 0 fully saturated rings. The summed E-state index contributed by atoms with van der Waals surface area (Å²) in [4.78, 5) is 11.2. The van der Waals surface area contributed by atoms with Crippen molar-refractivity contribution in [1.29, 1.82) is 0 Å². The SMILES string of the molecule is CC(CCO)NC(=O)c1nn[nH]n1. The molecule has 3 N–H and O–H groups in total. The summed E-state index contributed by atoms with van der Waals surface area (Å²) in [5, 5.41) is 23.6. The first-order valence-electron chi connectivity index (χ1n) is 3.89. The molecule has 0 aliphatic rings. The van der Waals surface area contributed by atoms with Crippen molar-refractivity contribution in [2.75, 3.05) is 6.61 Å². The number of carbonyl (C=O) groups excluding carboxylic acids is 1. The van der Waals surface area contributed by atoms with E-state index in [1.165, 1.54) is 0 Å². The normalized spacial score (nSPS) is 12.5.